The fourth-order valence-corrected chi connectivity index (χ4v) is 1.51. The lowest BCUT2D eigenvalue weighted by Crippen LogP contribution is -2.66. The average Bonchev–Trinajstić information content (AvgIpc) is 1.89. The Bertz CT molecular complexity index is 92.6. The second kappa shape index (κ2) is 1.48. The van der Waals surface area contributed by atoms with Gasteiger partial charge in [-0.25, -0.2) is 0 Å². The molecule has 2 radical (unpaired) electrons. The zero-order chi connectivity index (χ0) is 5.56. The molecule has 3 aliphatic heterocycles. The molecule has 0 saturated carbocycles. The highest BCUT2D eigenvalue weighted by molar-refractivity contribution is 6.05. The quantitative estimate of drug-likeness (QED) is 0.405. The highest BCUT2D eigenvalue weighted by Gasteiger charge is 2.37. The van der Waals surface area contributed by atoms with Crippen molar-refractivity contribution in [2.24, 2.45) is 0 Å². The Morgan fingerprint density at radius 2 is 2.00 bits per heavy atom. The van der Waals surface area contributed by atoms with Gasteiger partial charge in [-0.05, 0) is 6.42 Å². The Hall–Kier alpha value is -0.0151. The number of fused-ring (bicyclic) bond motifs is 2. The van der Waals surface area contributed by atoms with E-state index in [1.54, 1.807) is 0 Å². The van der Waals surface area contributed by atoms with Crippen LogP contribution in [0.25, 0.3) is 0 Å². The molecule has 3 fully saturated rings. The topological polar surface area (TPSA) is 15.3 Å². The van der Waals surface area contributed by atoms with Gasteiger partial charge >= 0.3 is 0 Å². The van der Waals surface area contributed by atoms with Crippen molar-refractivity contribution < 1.29 is 0 Å². The zero-order valence-corrected chi connectivity index (χ0v) is 4.80. The molecule has 0 amide bonds. The summed E-state index contributed by atoms with van der Waals surface area (Å²) in [5.41, 5.74) is 0. The molecule has 0 aromatic rings. The van der Waals surface area contributed by atoms with Gasteiger partial charge in [0.25, 0.3) is 0 Å². The van der Waals surface area contributed by atoms with E-state index in [0.717, 1.165) is 13.1 Å². The van der Waals surface area contributed by atoms with Crippen LogP contribution in [0.15, 0.2) is 0 Å². The molecule has 0 aromatic heterocycles. The van der Waals surface area contributed by atoms with Crippen molar-refractivity contribution in [2.75, 3.05) is 13.1 Å². The summed E-state index contributed by atoms with van der Waals surface area (Å²) in [6.07, 6.45) is 1.31. The summed E-state index contributed by atoms with van der Waals surface area (Å²) in [7, 11) is 5.62. The molecule has 8 heavy (non-hydrogen) atoms. The molecule has 3 aliphatic rings. The van der Waals surface area contributed by atoms with Gasteiger partial charge in [-0.1, -0.05) is 0 Å². The molecular weight excluding hydrogens is 98.9 g/mol. The summed E-state index contributed by atoms with van der Waals surface area (Å²) in [6, 6.07) is 1.29. The van der Waals surface area contributed by atoms with Crippen LogP contribution < -0.4 is 5.32 Å². The minimum Gasteiger partial charge on any atom is -0.346 e. The highest BCUT2D eigenvalue weighted by atomic mass is 15.2. The van der Waals surface area contributed by atoms with Crippen molar-refractivity contribution in [3.05, 3.63) is 0 Å². The summed E-state index contributed by atoms with van der Waals surface area (Å²) in [6.45, 7) is 2.18. The van der Waals surface area contributed by atoms with Crippen LogP contribution in [0.1, 0.15) is 6.42 Å². The maximum absolute atomic E-state index is 5.62. The van der Waals surface area contributed by atoms with Gasteiger partial charge in [-0.2, -0.15) is 0 Å². The minimum absolute atomic E-state index is 0.647. The number of hydrogen-bond donors (Lipinski definition) is 1. The van der Waals surface area contributed by atoms with Crippen molar-refractivity contribution >= 4 is 7.98 Å². The molecule has 2 atom stereocenters. The number of hydrogen-bond acceptors (Lipinski definition) is 2. The lowest BCUT2D eigenvalue weighted by molar-refractivity contribution is 0.0737. The first kappa shape index (κ1) is 4.83. The molecule has 2 unspecified atom stereocenters. The molecule has 42 valence electrons. The molecule has 2 bridgehead atoms. The second-order valence-corrected chi connectivity index (χ2v) is 2.65. The number of nitrogens with one attached hydrogen (secondary N) is 1. The van der Waals surface area contributed by atoms with E-state index in [1.807, 2.05) is 4.81 Å². The van der Waals surface area contributed by atoms with Gasteiger partial charge in [0.05, 0.1) is 0 Å². The van der Waals surface area contributed by atoms with E-state index in [1.165, 1.54) is 6.42 Å². The predicted octanol–water partition coefficient (Wildman–Crippen LogP) is -0.884. The molecule has 3 heteroatoms. The minimum atomic E-state index is 0.647. The SMILES string of the molecule is [B]N1C2CNCC1C2. The van der Waals surface area contributed by atoms with E-state index < -0.39 is 0 Å². The first-order valence-electron chi connectivity index (χ1n) is 3.11. The zero-order valence-electron chi connectivity index (χ0n) is 4.80. The summed E-state index contributed by atoms with van der Waals surface area (Å²) >= 11 is 0. The summed E-state index contributed by atoms with van der Waals surface area (Å²) < 4.78 is 0. The molecule has 0 spiro atoms. The first-order chi connectivity index (χ1) is 3.88. The number of piperazine rings is 1. The van der Waals surface area contributed by atoms with E-state index >= 15 is 0 Å². The van der Waals surface area contributed by atoms with Crippen LogP contribution in [0, 0.1) is 0 Å². The van der Waals surface area contributed by atoms with Crippen LogP contribution in [-0.4, -0.2) is 38.0 Å². The number of rotatable bonds is 0. The lowest BCUT2D eigenvalue weighted by atomic mass is 9.85. The van der Waals surface area contributed by atoms with E-state index in [9.17, 15) is 0 Å². The molecule has 0 aliphatic carbocycles. The smallest absolute Gasteiger partial charge is 0.183 e. The Balaban J connectivity index is 2.03. The molecular formula is C5H9BN2. The largest absolute Gasteiger partial charge is 0.346 e. The monoisotopic (exact) mass is 108 g/mol. The standard InChI is InChI=1S/C5H9BN2/c6-8-4-1-5(8)3-7-2-4/h4-5,7H,1-3H2. The third kappa shape index (κ3) is 0.460. The van der Waals surface area contributed by atoms with E-state index in [4.69, 9.17) is 7.98 Å². The average molecular weight is 108 g/mol. The van der Waals surface area contributed by atoms with Crippen molar-refractivity contribution in [3.8, 4) is 0 Å². The summed E-state index contributed by atoms with van der Waals surface area (Å²) in [5.74, 6) is 0. The number of piperidine rings is 1. The van der Waals surface area contributed by atoms with Gasteiger partial charge in [0.1, 0.15) is 0 Å². The first-order valence-corrected chi connectivity index (χ1v) is 3.11. The second-order valence-electron chi connectivity index (χ2n) is 2.65. The van der Waals surface area contributed by atoms with Crippen molar-refractivity contribution in [1.82, 2.24) is 10.1 Å². The molecule has 3 heterocycles. The van der Waals surface area contributed by atoms with Gasteiger partial charge < -0.3 is 10.1 Å². The molecule has 3 rings (SSSR count). The normalized spacial score (nSPS) is 46.0. The Morgan fingerprint density at radius 3 is 2.25 bits per heavy atom. The maximum atomic E-state index is 5.62. The molecule has 3 saturated heterocycles. The van der Waals surface area contributed by atoms with Gasteiger partial charge in [0, 0.05) is 25.2 Å². The van der Waals surface area contributed by atoms with Gasteiger partial charge in [-0.15, -0.1) is 0 Å². The fourth-order valence-electron chi connectivity index (χ4n) is 1.51. The predicted molar refractivity (Wildman–Crippen MR) is 32.7 cm³/mol. The van der Waals surface area contributed by atoms with Crippen LogP contribution in [0.4, 0.5) is 0 Å². The highest BCUT2D eigenvalue weighted by Crippen LogP contribution is 2.24. The van der Waals surface area contributed by atoms with Crippen LogP contribution in [0.3, 0.4) is 0 Å². The maximum Gasteiger partial charge on any atom is 0.183 e. The summed E-state index contributed by atoms with van der Waals surface area (Å²) in [4.78, 5) is 1.97. The molecule has 2 nitrogen and oxygen atoms in total. The van der Waals surface area contributed by atoms with Gasteiger partial charge in [0.2, 0.25) is 0 Å². The molecule has 0 aromatic carbocycles. The summed E-state index contributed by atoms with van der Waals surface area (Å²) in [5, 5.41) is 3.29. The van der Waals surface area contributed by atoms with E-state index in [-0.39, 0.29) is 0 Å². The number of nitrogens with zero attached hydrogens (tertiary/aromatic N) is 1. The van der Waals surface area contributed by atoms with Crippen LogP contribution in [0.5, 0.6) is 0 Å². The third-order valence-corrected chi connectivity index (χ3v) is 2.15. The lowest BCUT2D eigenvalue weighted by Gasteiger charge is -2.52. The van der Waals surface area contributed by atoms with Gasteiger partial charge in [-0.3, -0.25) is 0 Å². The van der Waals surface area contributed by atoms with Crippen LogP contribution in [0.2, 0.25) is 0 Å². The van der Waals surface area contributed by atoms with Crippen LogP contribution >= 0.6 is 0 Å². The van der Waals surface area contributed by atoms with Crippen molar-refractivity contribution in [3.63, 3.8) is 0 Å². The van der Waals surface area contributed by atoms with Gasteiger partial charge in [0.15, 0.2) is 7.98 Å². The van der Waals surface area contributed by atoms with E-state index in [0.29, 0.717) is 12.1 Å². The Labute approximate surface area is 50.7 Å². The van der Waals surface area contributed by atoms with Crippen molar-refractivity contribution in [1.29, 1.82) is 0 Å². The van der Waals surface area contributed by atoms with Crippen LogP contribution in [-0.2, 0) is 0 Å². The Kier molecular flexibility index (Phi) is 0.895. The third-order valence-electron chi connectivity index (χ3n) is 2.15. The Morgan fingerprint density at radius 1 is 1.38 bits per heavy atom. The van der Waals surface area contributed by atoms with E-state index in [2.05, 4.69) is 5.32 Å². The fraction of sp³-hybridized carbons (Fsp3) is 1.00. The molecule has 1 N–H and O–H groups in total. The van der Waals surface area contributed by atoms with Crippen molar-refractivity contribution in [2.45, 2.75) is 18.5 Å².